The van der Waals surface area contributed by atoms with Crippen LogP contribution in [0.3, 0.4) is 0 Å². The highest BCUT2D eigenvalue weighted by atomic mass is 32.1. The number of urea groups is 1. The van der Waals surface area contributed by atoms with Gasteiger partial charge in [-0.05, 0) is 35.7 Å². The Morgan fingerprint density at radius 3 is 2.95 bits per heavy atom. The zero-order valence-corrected chi connectivity index (χ0v) is 12.0. The Hall–Kier alpha value is -1.60. The highest BCUT2D eigenvalue weighted by Gasteiger charge is 2.39. The van der Waals surface area contributed by atoms with Crippen molar-refractivity contribution in [2.45, 2.75) is 38.0 Å². The molecule has 7 heteroatoms. The molecule has 3 atom stereocenters. The zero-order valence-electron chi connectivity index (χ0n) is 11.2. The normalized spacial score (nSPS) is 23.6. The van der Waals surface area contributed by atoms with Crippen LogP contribution in [0.15, 0.2) is 16.8 Å². The van der Waals surface area contributed by atoms with Gasteiger partial charge in [0.15, 0.2) is 0 Å². The number of hydrogen-bond donors (Lipinski definition) is 3. The summed E-state index contributed by atoms with van der Waals surface area (Å²) in [6.45, 7) is 1.94. The standard InChI is InChI=1S/C13H18N2O4S/c1-8(4-9-2-3-20-7-9)14-13(19)15-6-10(16)5-11(15)12(17)18/h2-3,7-8,10-11,16H,4-6H2,1H3,(H,14,19)(H,17,18)/t8?,10-,11+/m1/s1. The Kier molecular flexibility index (Phi) is 4.61. The number of aliphatic hydroxyl groups is 1. The molecule has 2 heterocycles. The van der Waals surface area contributed by atoms with Gasteiger partial charge in [0, 0.05) is 19.0 Å². The van der Waals surface area contributed by atoms with E-state index in [0.29, 0.717) is 6.42 Å². The fourth-order valence-electron chi connectivity index (χ4n) is 2.38. The summed E-state index contributed by atoms with van der Waals surface area (Å²) in [5.41, 5.74) is 1.14. The number of carbonyl (C=O) groups is 2. The molecule has 0 spiro atoms. The first-order valence-corrected chi connectivity index (χ1v) is 7.40. The van der Waals surface area contributed by atoms with Crippen LogP contribution in [0.5, 0.6) is 0 Å². The van der Waals surface area contributed by atoms with E-state index in [9.17, 15) is 14.7 Å². The number of hydrogen-bond acceptors (Lipinski definition) is 4. The number of likely N-dealkylation sites (tertiary alicyclic amines) is 1. The van der Waals surface area contributed by atoms with E-state index in [0.717, 1.165) is 5.56 Å². The second-order valence-corrected chi connectivity index (χ2v) is 5.86. The van der Waals surface area contributed by atoms with Crippen molar-refractivity contribution in [3.8, 4) is 0 Å². The number of thiophene rings is 1. The average molecular weight is 298 g/mol. The number of carboxylic acid groups (broad SMARTS) is 1. The third-order valence-electron chi connectivity index (χ3n) is 3.32. The van der Waals surface area contributed by atoms with Crippen molar-refractivity contribution in [2.75, 3.05) is 6.54 Å². The molecule has 0 saturated carbocycles. The van der Waals surface area contributed by atoms with Crippen molar-refractivity contribution in [2.24, 2.45) is 0 Å². The molecular weight excluding hydrogens is 280 g/mol. The van der Waals surface area contributed by atoms with Gasteiger partial charge in [0.05, 0.1) is 6.10 Å². The Morgan fingerprint density at radius 2 is 2.35 bits per heavy atom. The monoisotopic (exact) mass is 298 g/mol. The average Bonchev–Trinajstić information content (AvgIpc) is 2.97. The van der Waals surface area contributed by atoms with Crippen LogP contribution >= 0.6 is 11.3 Å². The molecule has 3 N–H and O–H groups in total. The van der Waals surface area contributed by atoms with Gasteiger partial charge in [-0.25, -0.2) is 9.59 Å². The van der Waals surface area contributed by atoms with Crippen LogP contribution in [0.25, 0.3) is 0 Å². The molecule has 2 rings (SSSR count). The van der Waals surface area contributed by atoms with Gasteiger partial charge < -0.3 is 20.4 Å². The van der Waals surface area contributed by atoms with Crippen LogP contribution < -0.4 is 5.32 Å². The van der Waals surface area contributed by atoms with Crippen LogP contribution in [-0.4, -0.2) is 51.8 Å². The van der Waals surface area contributed by atoms with E-state index >= 15 is 0 Å². The second kappa shape index (κ2) is 6.23. The largest absolute Gasteiger partial charge is 0.480 e. The fourth-order valence-corrected chi connectivity index (χ4v) is 3.06. The van der Waals surface area contributed by atoms with Crippen molar-refractivity contribution in [1.29, 1.82) is 0 Å². The summed E-state index contributed by atoms with van der Waals surface area (Å²) >= 11 is 1.60. The van der Waals surface area contributed by atoms with Gasteiger partial charge in [0.2, 0.25) is 0 Å². The van der Waals surface area contributed by atoms with Crippen LogP contribution in [-0.2, 0) is 11.2 Å². The SMILES string of the molecule is CC(Cc1ccsc1)NC(=O)N1C[C@H](O)C[C@H]1C(=O)O. The van der Waals surface area contributed by atoms with E-state index in [-0.39, 0.29) is 19.0 Å². The van der Waals surface area contributed by atoms with Crippen LogP contribution in [0, 0.1) is 0 Å². The molecule has 1 saturated heterocycles. The number of amides is 2. The number of β-amino-alcohol motifs (C(OH)–C–C–N with tert-alkyl or cyclic N) is 1. The molecule has 1 fully saturated rings. The van der Waals surface area contributed by atoms with Gasteiger partial charge in [-0.1, -0.05) is 0 Å². The van der Waals surface area contributed by atoms with E-state index in [2.05, 4.69) is 5.32 Å². The number of rotatable bonds is 4. The summed E-state index contributed by atoms with van der Waals surface area (Å²) in [6.07, 6.45) is 0.0134. The van der Waals surface area contributed by atoms with Gasteiger partial charge >= 0.3 is 12.0 Å². The molecular formula is C13H18N2O4S. The van der Waals surface area contributed by atoms with Crippen molar-refractivity contribution in [1.82, 2.24) is 10.2 Å². The maximum atomic E-state index is 12.1. The first kappa shape index (κ1) is 14.8. The molecule has 0 aliphatic carbocycles. The molecule has 1 aromatic rings. The lowest BCUT2D eigenvalue weighted by atomic mass is 10.1. The molecule has 1 aliphatic heterocycles. The molecule has 0 aromatic carbocycles. The van der Waals surface area contributed by atoms with Gasteiger partial charge in [-0.3, -0.25) is 0 Å². The Bertz CT molecular complexity index is 477. The maximum absolute atomic E-state index is 12.1. The fraction of sp³-hybridized carbons (Fsp3) is 0.538. The predicted molar refractivity (Wildman–Crippen MR) is 74.8 cm³/mol. The summed E-state index contributed by atoms with van der Waals surface area (Å²) in [4.78, 5) is 24.4. The van der Waals surface area contributed by atoms with Crippen LogP contribution in [0.2, 0.25) is 0 Å². The van der Waals surface area contributed by atoms with Crippen molar-refractivity contribution >= 4 is 23.3 Å². The minimum atomic E-state index is -1.08. The lowest BCUT2D eigenvalue weighted by Crippen LogP contribution is -2.49. The summed E-state index contributed by atoms with van der Waals surface area (Å²) in [6, 6.07) is 0.520. The minimum Gasteiger partial charge on any atom is -0.480 e. The lowest BCUT2D eigenvalue weighted by molar-refractivity contribution is -0.141. The van der Waals surface area contributed by atoms with Gasteiger partial charge in [-0.2, -0.15) is 11.3 Å². The summed E-state index contributed by atoms with van der Waals surface area (Å²) in [7, 11) is 0. The number of nitrogens with one attached hydrogen (secondary N) is 1. The maximum Gasteiger partial charge on any atom is 0.326 e. The Labute approximate surface area is 121 Å². The Balaban J connectivity index is 1.92. The number of carboxylic acids is 1. The van der Waals surface area contributed by atoms with E-state index in [1.807, 2.05) is 23.8 Å². The van der Waals surface area contributed by atoms with Gasteiger partial charge in [0.1, 0.15) is 6.04 Å². The van der Waals surface area contributed by atoms with Crippen molar-refractivity contribution in [3.05, 3.63) is 22.4 Å². The van der Waals surface area contributed by atoms with Gasteiger partial charge in [0.25, 0.3) is 0 Å². The lowest BCUT2D eigenvalue weighted by Gasteiger charge is -2.24. The highest BCUT2D eigenvalue weighted by molar-refractivity contribution is 7.07. The second-order valence-electron chi connectivity index (χ2n) is 5.08. The number of carbonyl (C=O) groups excluding carboxylic acids is 1. The molecule has 1 aliphatic rings. The van der Waals surface area contributed by atoms with E-state index in [4.69, 9.17) is 5.11 Å². The molecule has 1 unspecified atom stereocenters. The summed E-state index contributed by atoms with van der Waals surface area (Å²) in [5, 5.41) is 25.4. The number of aliphatic carboxylic acids is 1. The first-order chi connectivity index (χ1) is 9.47. The topological polar surface area (TPSA) is 89.9 Å². The van der Waals surface area contributed by atoms with E-state index in [1.54, 1.807) is 11.3 Å². The third-order valence-corrected chi connectivity index (χ3v) is 4.05. The van der Waals surface area contributed by atoms with Crippen LogP contribution in [0.1, 0.15) is 18.9 Å². The van der Waals surface area contributed by atoms with Crippen molar-refractivity contribution < 1.29 is 19.8 Å². The van der Waals surface area contributed by atoms with Crippen LogP contribution in [0.4, 0.5) is 4.79 Å². The summed E-state index contributed by atoms with van der Waals surface area (Å²) < 4.78 is 0. The molecule has 0 bridgehead atoms. The van der Waals surface area contributed by atoms with E-state index < -0.39 is 24.1 Å². The highest BCUT2D eigenvalue weighted by Crippen LogP contribution is 2.18. The molecule has 1 aromatic heterocycles. The Morgan fingerprint density at radius 1 is 1.60 bits per heavy atom. The molecule has 0 radical (unpaired) electrons. The molecule has 110 valence electrons. The third kappa shape index (κ3) is 3.49. The number of nitrogens with zero attached hydrogens (tertiary/aromatic N) is 1. The smallest absolute Gasteiger partial charge is 0.326 e. The predicted octanol–water partition coefficient (Wildman–Crippen LogP) is 0.908. The molecule has 2 amide bonds. The molecule has 20 heavy (non-hydrogen) atoms. The minimum absolute atomic E-state index is 0.0635. The quantitative estimate of drug-likeness (QED) is 0.770. The number of aliphatic hydroxyl groups excluding tert-OH is 1. The first-order valence-electron chi connectivity index (χ1n) is 6.46. The zero-order chi connectivity index (χ0) is 14.7. The molecule has 6 nitrogen and oxygen atoms in total. The van der Waals surface area contributed by atoms with Gasteiger partial charge in [-0.15, -0.1) is 0 Å². The summed E-state index contributed by atoms with van der Waals surface area (Å²) in [5.74, 6) is -1.08. The van der Waals surface area contributed by atoms with E-state index in [1.165, 1.54) is 4.90 Å². The van der Waals surface area contributed by atoms with Crippen molar-refractivity contribution in [3.63, 3.8) is 0 Å².